The number of amides is 1. The van der Waals surface area contributed by atoms with E-state index in [0.29, 0.717) is 13.1 Å². The molecule has 0 aliphatic rings. The molecule has 0 aliphatic heterocycles. The predicted molar refractivity (Wildman–Crippen MR) is 59.1 cm³/mol. The fourth-order valence-corrected chi connectivity index (χ4v) is 1.15. The number of hydrogen-bond acceptors (Lipinski definition) is 3. The molecule has 1 amide bonds. The Kier molecular flexibility index (Phi) is 7.42. The van der Waals surface area contributed by atoms with Gasteiger partial charge in [-0.25, -0.2) is 0 Å². The SMILES string of the molecule is CCN(CCCN)CC(=O)N(C)CC. The summed E-state index contributed by atoms with van der Waals surface area (Å²) in [6, 6.07) is 0. The lowest BCUT2D eigenvalue weighted by Crippen LogP contribution is -2.39. The lowest BCUT2D eigenvalue weighted by atomic mass is 10.3. The van der Waals surface area contributed by atoms with E-state index in [-0.39, 0.29) is 5.91 Å². The fraction of sp³-hybridized carbons (Fsp3) is 0.900. The molecular formula is C10H23N3O. The Morgan fingerprint density at radius 2 is 1.93 bits per heavy atom. The summed E-state index contributed by atoms with van der Waals surface area (Å²) in [6.45, 7) is 7.84. The van der Waals surface area contributed by atoms with Gasteiger partial charge in [-0.15, -0.1) is 0 Å². The van der Waals surface area contributed by atoms with Crippen LogP contribution in [0.1, 0.15) is 20.3 Å². The zero-order valence-electron chi connectivity index (χ0n) is 9.62. The highest BCUT2D eigenvalue weighted by molar-refractivity contribution is 5.77. The highest BCUT2D eigenvalue weighted by Gasteiger charge is 2.11. The van der Waals surface area contributed by atoms with Crippen molar-refractivity contribution in [2.24, 2.45) is 5.73 Å². The van der Waals surface area contributed by atoms with Crippen LogP contribution in [-0.4, -0.2) is 55.5 Å². The zero-order valence-corrected chi connectivity index (χ0v) is 9.62. The van der Waals surface area contributed by atoms with Gasteiger partial charge >= 0.3 is 0 Å². The lowest BCUT2D eigenvalue weighted by molar-refractivity contribution is -0.130. The first-order valence-corrected chi connectivity index (χ1v) is 5.32. The van der Waals surface area contributed by atoms with Crippen molar-refractivity contribution in [1.82, 2.24) is 9.80 Å². The van der Waals surface area contributed by atoms with E-state index >= 15 is 0 Å². The van der Waals surface area contributed by atoms with E-state index in [1.165, 1.54) is 0 Å². The molecule has 0 aromatic heterocycles. The van der Waals surface area contributed by atoms with E-state index in [1.807, 2.05) is 14.0 Å². The third-order valence-corrected chi connectivity index (χ3v) is 2.38. The third kappa shape index (κ3) is 5.19. The topological polar surface area (TPSA) is 49.6 Å². The standard InChI is InChI=1S/C10H23N3O/c1-4-12(3)10(14)9-13(5-2)8-6-7-11/h4-9,11H2,1-3H3. The molecule has 0 aliphatic carbocycles. The first-order chi connectivity index (χ1) is 6.65. The fourth-order valence-electron chi connectivity index (χ4n) is 1.15. The van der Waals surface area contributed by atoms with Crippen molar-refractivity contribution in [1.29, 1.82) is 0 Å². The molecule has 0 saturated heterocycles. The molecule has 84 valence electrons. The second-order valence-electron chi connectivity index (χ2n) is 3.42. The lowest BCUT2D eigenvalue weighted by Gasteiger charge is -2.22. The summed E-state index contributed by atoms with van der Waals surface area (Å²) in [6.07, 6.45) is 0.955. The van der Waals surface area contributed by atoms with Gasteiger partial charge < -0.3 is 10.6 Å². The summed E-state index contributed by atoms with van der Waals surface area (Å²) >= 11 is 0. The van der Waals surface area contributed by atoms with Crippen molar-refractivity contribution >= 4 is 5.91 Å². The van der Waals surface area contributed by atoms with Gasteiger partial charge in [-0.1, -0.05) is 6.92 Å². The molecule has 0 rings (SSSR count). The minimum Gasteiger partial charge on any atom is -0.345 e. The van der Waals surface area contributed by atoms with Crippen molar-refractivity contribution in [3.8, 4) is 0 Å². The largest absolute Gasteiger partial charge is 0.345 e. The average Bonchev–Trinajstić information content (AvgIpc) is 2.22. The Balaban J connectivity index is 3.85. The smallest absolute Gasteiger partial charge is 0.236 e. The molecule has 0 fully saturated rings. The molecule has 0 radical (unpaired) electrons. The van der Waals surface area contributed by atoms with Gasteiger partial charge in [0.25, 0.3) is 0 Å². The second-order valence-corrected chi connectivity index (χ2v) is 3.42. The van der Waals surface area contributed by atoms with Gasteiger partial charge in [0.05, 0.1) is 6.54 Å². The minimum absolute atomic E-state index is 0.186. The normalized spacial score (nSPS) is 10.6. The summed E-state index contributed by atoms with van der Waals surface area (Å²) in [4.78, 5) is 15.4. The number of carbonyl (C=O) groups is 1. The van der Waals surface area contributed by atoms with E-state index in [0.717, 1.165) is 26.1 Å². The van der Waals surface area contributed by atoms with Crippen LogP contribution in [0.2, 0.25) is 0 Å². The summed E-state index contributed by atoms with van der Waals surface area (Å²) in [5.74, 6) is 0.186. The predicted octanol–water partition coefficient (Wildman–Crippen LogP) is 0.135. The number of hydrogen-bond donors (Lipinski definition) is 1. The van der Waals surface area contributed by atoms with Crippen LogP contribution < -0.4 is 5.73 Å². The minimum atomic E-state index is 0.186. The monoisotopic (exact) mass is 201 g/mol. The molecule has 0 bridgehead atoms. The van der Waals surface area contributed by atoms with Gasteiger partial charge in [-0.2, -0.15) is 0 Å². The van der Waals surface area contributed by atoms with Crippen molar-refractivity contribution in [2.45, 2.75) is 20.3 Å². The highest BCUT2D eigenvalue weighted by Crippen LogP contribution is 1.93. The zero-order chi connectivity index (χ0) is 11.0. The number of rotatable bonds is 7. The van der Waals surface area contributed by atoms with Gasteiger partial charge in [-0.3, -0.25) is 9.69 Å². The second kappa shape index (κ2) is 7.76. The van der Waals surface area contributed by atoms with Crippen molar-refractivity contribution in [2.75, 3.05) is 39.8 Å². The number of nitrogens with two attached hydrogens (primary N) is 1. The van der Waals surface area contributed by atoms with Gasteiger partial charge in [0.2, 0.25) is 5.91 Å². The Hall–Kier alpha value is -0.610. The molecule has 14 heavy (non-hydrogen) atoms. The van der Waals surface area contributed by atoms with Gasteiger partial charge in [0.1, 0.15) is 0 Å². The van der Waals surface area contributed by atoms with Crippen LogP contribution in [0.15, 0.2) is 0 Å². The van der Waals surface area contributed by atoms with E-state index in [4.69, 9.17) is 5.73 Å². The van der Waals surface area contributed by atoms with Crippen molar-refractivity contribution < 1.29 is 4.79 Å². The van der Waals surface area contributed by atoms with Gasteiger partial charge in [-0.05, 0) is 33.0 Å². The first kappa shape index (κ1) is 13.4. The number of carbonyl (C=O) groups excluding carboxylic acids is 1. The molecule has 0 saturated carbocycles. The number of nitrogens with zero attached hydrogens (tertiary/aromatic N) is 2. The van der Waals surface area contributed by atoms with Crippen LogP contribution >= 0.6 is 0 Å². The quantitative estimate of drug-likeness (QED) is 0.637. The van der Waals surface area contributed by atoms with E-state index in [2.05, 4.69) is 11.8 Å². The van der Waals surface area contributed by atoms with Crippen LogP contribution in [0, 0.1) is 0 Å². The molecular weight excluding hydrogens is 178 g/mol. The van der Waals surface area contributed by atoms with Crippen LogP contribution in [0.25, 0.3) is 0 Å². The van der Waals surface area contributed by atoms with Crippen LogP contribution in [0.3, 0.4) is 0 Å². The summed E-state index contributed by atoms with van der Waals surface area (Å²) < 4.78 is 0. The molecule has 4 heteroatoms. The third-order valence-electron chi connectivity index (χ3n) is 2.38. The summed E-state index contributed by atoms with van der Waals surface area (Å²) in [7, 11) is 1.83. The Bertz CT molecular complexity index is 161. The molecule has 0 heterocycles. The Morgan fingerprint density at radius 3 is 2.36 bits per heavy atom. The maximum absolute atomic E-state index is 11.6. The molecule has 2 N–H and O–H groups in total. The highest BCUT2D eigenvalue weighted by atomic mass is 16.2. The molecule has 0 spiro atoms. The Labute approximate surface area is 87.0 Å². The Morgan fingerprint density at radius 1 is 1.29 bits per heavy atom. The summed E-state index contributed by atoms with van der Waals surface area (Å²) in [5.41, 5.74) is 5.43. The first-order valence-electron chi connectivity index (χ1n) is 5.32. The van der Waals surface area contributed by atoms with Crippen LogP contribution in [0.5, 0.6) is 0 Å². The van der Waals surface area contributed by atoms with E-state index in [9.17, 15) is 4.79 Å². The van der Waals surface area contributed by atoms with Crippen molar-refractivity contribution in [3.05, 3.63) is 0 Å². The maximum Gasteiger partial charge on any atom is 0.236 e. The van der Waals surface area contributed by atoms with Gasteiger partial charge in [0.15, 0.2) is 0 Å². The molecule has 0 aromatic rings. The molecule has 0 aromatic carbocycles. The van der Waals surface area contributed by atoms with Gasteiger partial charge in [0, 0.05) is 13.6 Å². The van der Waals surface area contributed by atoms with E-state index < -0.39 is 0 Å². The van der Waals surface area contributed by atoms with Crippen molar-refractivity contribution in [3.63, 3.8) is 0 Å². The molecule has 0 unspecified atom stereocenters. The van der Waals surface area contributed by atoms with Crippen LogP contribution in [-0.2, 0) is 4.79 Å². The average molecular weight is 201 g/mol. The van der Waals surface area contributed by atoms with Crippen LogP contribution in [0.4, 0.5) is 0 Å². The summed E-state index contributed by atoms with van der Waals surface area (Å²) in [5, 5.41) is 0. The molecule has 4 nitrogen and oxygen atoms in total. The molecule has 0 atom stereocenters. The van der Waals surface area contributed by atoms with E-state index in [1.54, 1.807) is 4.90 Å². The maximum atomic E-state index is 11.6. The number of likely N-dealkylation sites (N-methyl/N-ethyl adjacent to an activating group) is 2.